The Labute approximate surface area is 84.1 Å². The molecule has 0 radical (unpaired) electrons. The van der Waals surface area contributed by atoms with E-state index in [1.807, 2.05) is 31.2 Å². The van der Waals surface area contributed by atoms with Crippen LogP contribution in [0.2, 0.25) is 5.02 Å². The molecular weight excluding hydrogens is 184 g/mol. The fourth-order valence-electron chi connectivity index (χ4n) is 1.04. The molecule has 2 nitrogen and oxygen atoms in total. The number of hydrogen-bond acceptors (Lipinski definition) is 2. The number of hydrogen-bond donors (Lipinski definition) is 2. The van der Waals surface area contributed by atoms with Crippen LogP contribution in [0.5, 0.6) is 0 Å². The minimum atomic E-state index is 0.242. The van der Waals surface area contributed by atoms with Crippen LogP contribution < -0.4 is 11.1 Å². The van der Waals surface area contributed by atoms with Crippen LogP contribution in [0.4, 0.5) is 5.69 Å². The van der Waals surface area contributed by atoms with Crippen LogP contribution in [0.1, 0.15) is 13.3 Å². The first kappa shape index (κ1) is 10.4. The molecule has 0 amide bonds. The van der Waals surface area contributed by atoms with Crippen molar-refractivity contribution in [2.24, 2.45) is 5.73 Å². The summed E-state index contributed by atoms with van der Waals surface area (Å²) in [5.74, 6) is 0. The van der Waals surface area contributed by atoms with E-state index >= 15 is 0 Å². The van der Waals surface area contributed by atoms with Gasteiger partial charge in [0.05, 0.1) is 0 Å². The van der Waals surface area contributed by atoms with Gasteiger partial charge in [-0.1, -0.05) is 17.7 Å². The molecule has 1 unspecified atom stereocenters. The van der Waals surface area contributed by atoms with Crippen molar-refractivity contribution in [3.05, 3.63) is 29.3 Å². The van der Waals surface area contributed by atoms with Crippen molar-refractivity contribution in [1.29, 1.82) is 0 Å². The number of halogens is 1. The molecule has 0 aliphatic carbocycles. The maximum absolute atomic E-state index is 5.82. The first-order valence-electron chi connectivity index (χ1n) is 4.43. The van der Waals surface area contributed by atoms with Gasteiger partial charge in [0.25, 0.3) is 0 Å². The lowest BCUT2D eigenvalue weighted by Crippen LogP contribution is -2.19. The molecule has 0 heterocycles. The van der Waals surface area contributed by atoms with E-state index in [2.05, 4.69) is 5.32 Å². The van der Waals surface area contributed by atoms with Gasteiger partial charge >= 0.3 is 0 Å². The molecule has 0 fully saturated rings. The molecule has 0 aliphatic rings. The minimum absolute atomic E-state index is 0.242. The molecule has 1 atom stereocenters. The highest BCUT2D eigenvalue weighted by Crippen LogP contribution is 2.14. The molecule has 13 heavy (non-hydrogen) atoms. The first-order valence-corrected chi connectivity index (χ1v) is 4.81. The number of rotatable bonds is 4. The van der Waals surface area contributed by atoms with E-state index in [1.54, 1.807) is 0 Å². The van der Waals surface area contributed by atoms with E-state index in [-0.39, 0.29) is 6.04 Å². The summed E-state index contributed by atoms with van der Waals surface area (Å²) in [5, 5.41) is 4.01. The van der Waals surface area contributed by atoms with Crippen LogP contribution in [-0.2, 0) is 0 Å². The topological polar surface area (TPSA) is 38.0 Å². The van der Waals surface area contributed by atoms with Gasteiger partial charge in [-0.3, -0.25) is 0 Å². The van der Waals surface area contributed by atoms with Crippen LogP contribution in [-0.4, -0.2) is 12.6 Å². The summed E-state index contributed by atoms with van der Waals surface area (Å²) in [6.07, 6.45) is 0.965. The zero-order valence-corrected chi connectivity index (χ0v) is 8.51. The van der Waals surface area contributed by atoms with Gasteiger partial charge in [-0.05, 0) is 31.5 Å². The molecule has 1 aromatic rings. The highest BCUT2D eigenvalue weighted by Gasteiger charge is 1.95. The summed E-state index contributed by atoms with van der Waals surface area (Å²) in [5.41, 5.74) is 6.67. The van der Waals surface area contributed by atoms with Gasteiger partial charge in [-0.2, -0.15) is 0 Å². The van der Waals surface area contributed by atoms with Gasteiger partial charge in [-0.25, -0.2) is 0 Å². The van der Waals surface area contributed by atoms with Gasteiger partial charge in [0.1, 0.15) is 0 Å². The Morgan fingerprint density at radius 2 is 2.31 bits per heavy atom. The summed E-state index contributed by atoms with van der Waals surface area (Å²) in [7, 11) is 0. The smallest absolute Gasteiger partial charge is 0.0426 e. The van der Waals surface area contributed by atoms with Crippen molar-refractivity contribution in [3.63, 3.8) is 0 Å². The van der Waals surface area contributed by atoms with Crippen LogP contribution in [0.3, 0.4) is 0 Å². The molecule has 0 aliphatic heterocycles. The molecule has 0 saturated carbocycles. The Morgan fingerprint density at radius 3 is 2.92 bits per heavy atom. The third-order valence-electron chi connectivity index (χ3n) is 1.75. The van der Waals surface area contributed by atoms with Gasteiger partial charge in [0.15, 0.2) is 0 Å². The third-order valence-corrected chi connectivity index (χ3v) is 1.99. The summed E-state index contributed by atoms with van der Waals surface area (Å²) in [6, 6.07) is 7.93. The molecule has 3 N–H and O–H groups in total. The molecule has 1 rings (SSSR count). The maximum Gasteiger partial charge on any atom is 0.0426 e. The van der Waals surface area contributed by atoms with Gasteiger partial charge in [0.2, 0.25) is 0 Å². The summed E-state index contributed by atoms with van der Waals surface area (Å²) in [6.45, 7) is 2.89. The van der Waals surface area contributed by atoms with E-state index in [0.717, 1.165) is 23.7 Å². The van der Waals surface area contributed by atoms with Gasteiger partial charge in [-0.15, -0.1) is 0 Å². The van der Waals surface area contributed by atoms with E-state index < -0.39 is 0 Å². The zero-order valence-electron chi connectivity index (χ0n) is 7.76. The fraction of sp³-hybridized carbons (Fsp3) is 0.400. The summed E-state index contributed by atoms with van der Waals surface area (Å²) < 4.78 is 0. The second kappa shape index (κ2) is 5.10. The molecule has 0 bridgehead atoms. The fourth-order valence-corrected chi connectivity index (χ4v) is 1.23. The Kier molecular flexibility index (Phi) is 4.06. The van der Waals surface area contributed by atoms with Crippen molar-refractivity contribution in [1.82, 2.24) is 0 Å². The second-order valence-electron chi connectivity index (χ2n) is 3.20. The summed E-state index contributed by atoms with van der Waals surface area (Å²) >= 11 is 5.82. The third kappa shape index (κ3) is 4.15. The second-order valence-corrected chi connectivity index (χ2v) is 3.64. The normalized spacial score (nSPS) is 12.5. The Morgan fingerprint density at radius 1 is 1.54 bits per heavy atom. The predicted octanol–water partition coefficient (Wildman–Crippen LogP) is 2.49. The quantitative estimate of drug-likeness (QED) is 0.780. The van der Waals surface area contributed by atoms with Crippen LogP contribution in [0.15, 0.2) is 24.3 Å². The molecule has 3 heteroatoms. The lowest BCUT2D eigenvalue weighted by molar-refractivity contribution is 0.690. The van der Waals surface area contributed by atoms with Crippen molar-refractivity contribution in [2.75, 3.05) is 11.9 Å². The average Bonchev–Trinajstić information content (AvgIpc) is 2.03. The average molecular weight is 199 g/mol. The monoisotopic (exact) mass is 198 g/mol. The maximum atomic E-state index is 5.82. The number of anilines is 1. The summed E-state index contributed by atoms with van der Waals surface area (Å²) in [4.78, 5) is 0. The Bertz CT molecular complexity index is 261. The molecular formula is C10H15ClN2. The van der Waals surface area contributed by atoms with E-state index in [4.69, 9.17) is 17.3 Å². The standard InChI is InChI=1S/C10H15ClN2/c1-8(12)5-6-13-10-4-2-3-9(11)7-10/h2-4,7-8,13H,5-6,12H2,1H3. The van der Waals surface area contributed by atoms with Crippen LogP contribution in [0.25, 0.3) is 0 Å². The van der Waals surface area contributed by atoms with Crippen molar-refractivity contribution in [3.8, 4) is 0 Å². The number of nitrogens with one attached hydrogen (secondary N) is 1. The van der Waals surface area contributed by atoms with Gasteiger partial charge < -0.3 is 11.1 Å². The van der Waals surface area contributed by atoms with Crippen molar-refractivity contribution >= 4 is 17.3 Å². The Hall–Kier alpha value is -0.730. The lowest BCUT2D eigenvalue weighted by Gasteiger charge is -2.08. The molecule has 0 spiro atoms. The highest BCUT2D eigenvalue weighted by molar-refractivity contribution is 6.30. The molecule has 0 saturated heterocycles. The largest absolute Gasteiger partial charge is 0.385 e. The zero-order chi connectivity index (χ0) is 9.68. The molecule has 0 aromatic heterocycles. The number of nitrogens with two attached hydrogens (primary N) is 1. The van der Waals surface area contributed by atoms with Crippen molar-refractivity contribution < 1.29 is 0 Å². The van der Waals surface area contributed by atoms with Crippen molar-refractivity contribution in [2.45, 2.75) is 19.4 Å². The van der Waals surface area contributed by atoms with Gasteiger partial charge in [0, 0.05) is 23.3 Å². The minimum Gasteiger partial charge on any atom is -0.385 e. The molecule has 72 valence electrons. The first-order chi connectivity index (χ1) is 6.18. The number of benzene rings is 1. The molecule has 1 aromatic carbocycles. The predicted molar refractivity (Wildman–Crippen MR) is 58.2 cm³/mol. The van der Waals surface area contributed by atoms with E-state index in [1.165, 1.54) is 0 Å². The Balaban J connectivity index is 2.37. The SMILES string of the molecule is CC(N)CCNc1cccc(Cl)c1. The van der Waals surface area contributed by atoms with E-state index in [0.29, 0.717) is 0 Å². The lowest BCUT2D eigenvalue weighted by atomic mass is 10.2. The van der Waals surface area contributed by atoms with Crippen LogP contribution in [0, 0.1) is 0 Å². The van der Waals surface area contributed by atoms with E-state index in [9.17, 15) is 0 Å². The van der Waals surface area contributed by atoms with Crippen LogP contribution >= 0.6 is 11.6 Å². The highest BCUT2D eigenvalue weighted by atomic mass is 35.5.